The lowest BCUT2D eigenvalue weighted by atomic mass is 10.1. The molecule has 0 aliphatic carbocycles. The minimum atomic E-state index is -0.384. The lowest BCUT2D eigenvalue weighted by Crippen LogP contribution is -2.38. The number of amides is 2. The largest absolute Gasteiger partial charge is 0.328 e. The lowest BCUT2D eigenvalue weighted by molar-refractivity contribution is -0.116. The molecule has 3 aromatic rings. The molecule has 1 N–H and O–H groups in total. The highest BCUT2D eigenvalue weighted by Gasteiger charge is 2.21. The predicted molar refractivity (Wildman–Crippen MR) is 124 cm³/mol. The second kappa shape index (κ2) is 9.60. The third-order valence-corrected chi connectivity index (χ3v) is 6.07. The zero-order valence-corrected chi connectivity index (χ0v) is 19.2. The molecule has 0 aliphatic heterocycles. The molecule has 8 heteroatoms. The number of likely N-dealkylation sites (N-methyl/N-ethyl adjacent to an activating group) is 1. The van der Waals surface area contributed by atoms with Crippen LogP contribution >= 0.6 is 34.5 Å². The number of rotatable bonds is 6. The minimum Gasteiger partial charge on any atom is -0.328 e. The van der Waals surface area contributed by atoms with Gasteiger partial charge in [-0.2, -0.15) is 0 Å². The first-order valence-corrected chi connectivity index (χ1v) is 11.0. The fourth-order valence-electron chi connectivity index (χ4n) is 3.01. The van der Waals surface area contributed by atoms with Gasteiger partial charge in [-0.3, -0.25) is 9.59 Å². The highest BCUT2D eigenvalue weighted by molar-refractivity contribution is 7.13. The highest BCUT2D eigenvalue weighted by Crippen LogP contribution is 2.30. The second-order valence-corrected chi connectivity index (χ2v) is 8.49. The molecule has 0 bridgehead atoms. The summed E-state index contributed by atoms with van der Waals surface area (Å²) in [5, 5.41) is 5.85. The second-order valence-electron chi connectivity index (χ2n) is 6.82. The van der Waals surface area contributed by atoms with E-state index >= 15 is 0 Å². The zero-order chi connectivity index (χ0) is 21.8. The fourth-order valence-corrected chi connectivity index (χ4v) is 4.38. The topological polar surface area (TPSA) is 62.3 Å². The molecular weight excluding hydrogens is 441 g/mol. The van der Waals surface area contributed by atoms with Crippen LogP contribution in [0.3, 0.4) is 0 Å². The van der Waals surface area contributed by atoms with Crippen molar-refractivity contribution in [1.29, 1.82) is 0 Å². The molecule has 2 amide bonds. The maximum absolute atomic E-state index is 12.9. The summed E-state index contributed by atoms with van der Waals surface area (Å²) >= 11 is 13.6. The average Bonchev–Trinajstić information content (AvgIpc) is 3.18. The van der Waals surface area contributed by atoms with Gasteiger partial charge in [0.1, 0.15) is 17.2 Å². The first-order valence-electron chi connectivity index (χ1n) is 9.36. The number of anilines is 1. The predicted octanol–water partition coefficient (Wildman–Crippen LogP) is 5.83. The standard InChI is InChI=1S/C22H21Cl2N3O2S/c1-4-27(11-19(28)26-20-16(23)6-5-7-17(20)24)22(29)18-12-30-21(25-18)15-9-8-13(2)10-14(15)3/h5-10,12H,4,11H2,1-3H3,(H,26,28). The Kier molecular flexibility index (Phi) is 7.13. The van der Waals surface area contributed by atoms with Gasteiger partial charge >= 0.3 is 0 Å². The number of para-hydroxylation sites is 1. The average molecular weight is 462 g/mol. The molecule has 0 fully saturated rings. The van der Waals surface area contributed by atoms with Gasteiger partial charge in [-0.1, -0.05) is 53.0 Å². The van der Waals surface area contributed by atoms with Gasteiger partial charge in [0.15, 0.2) is 0 Å². The number of aromatic nitrogens is 1. The summed E-state index contributed by atoms with van der Waals surface area (Å²) < 4.78 is 0. The third-order valence-electron chi connectivity index (χ3n) is 4.57. The molecule has 0 aliphatic rings. The third kappa shape index (κ3) is 5.01. The van der Waals surface area contributed by atoms with E-state index in [1.165, 1.54) is 21.8 Å². The maximum atomic E-state index is 12.9. The van der Waals surface area contributed by atoms with E-state index < -0.39 is 0 Å². The normalized spacial score (nSPS) is 10.7. The number of carbonyl (C=O) groups excluding carboxylic acids is 2. The molecule has 5 nitrogen and oxygen atoms in total. The summed E-state index contributed by atoms with van der Waals surface area (Å²) in [5.41, 5.74) is 3.93. The van der Waals surface area contributed by atoms with Crippen LogP contribution in [0.15, 0.2) is 41.8 Å². The number of carbonyl (C=O) groups is 2. The molecule has 1 heterocycles. The van der Waals surface area contributed by atoms with Gasteiger partial charge in [-0.05, 0) is 38.5 Å². The van der Waals surface area contributed by atoms with Crippen molar-refractivity contribution in [1.82, 2.24) is 9.88 Å². The van der Waals surface area contributed by atoms with Gasteiger partial charge in [-0.15, -0.1) is 11.3 Å². The van der Waals surface area contributed by atoms with Gasteiger partial charge < -0.3 is 10.2 Å². The molecule has 156 valence electrons. The monoisotopic (exact) mass is 461 g/mol. The molecule has 0 saturated carbocycles. The molecular formula is C22H21Cl2N3O2S. The van der Waals surface area contributed by atoms with E-state index in [-0.39, 0.29) is 18.4 Å². The van der Waals surface area contributed by atoms with Crippen LogP contribution in [-0.4, -0.2) is 34.8 Å². The number of aryl methyl sites for hydroxylation is 2. The quantitative estimate of drug-likeness (QED) is 0.501. The van der Waals surface area contributed by atoms with Crippen LogP contribution < -0.4 is 5.32 Å². The SMILES string of the molecule is CCN(CC(=O)Nc1c(Cl)cccc1Cl)C(=O)c1csc(-c2ccc(C)cc2C)n1. The Balaban J connectivity index is 1.73. The maximum Gasteiger partial charge on any atom is 0.273 e. The van der Waals surface area contributed by atoms with Crippen LogP contribution in [0.4, 0.5) is 5.69 Å². The lowest BCUT2D eigenvalue weighted by Gasteiger charge is -2.19. The molecule has 1 aromatic heterocycles. The molecule has 2 aromatic carbocycles. The molecule has 30 heavy (non-hydrogen) atoms. The van der Waals surface area contributed by atoms with Crippen molar-refractivity contribution in [3.05, 3.63) is 68.6 Å². The van der Waals surface area contributed by atoms with Crippen molar-refractivity contribution < 1.29 is 9.59 Å². The van der Waals surface area contributed by atoms with Crippen molar-refractivity contribution in [3.8, 4) is 10.6 Å². The number of nitrogens with one attached hydrogen (secondary N) is 1. The van der Waals surface area contributed by atoms with Crippen molar-refractivity contribution in [2.75, 3.05) is 18.4 Å². The van der Waals surface area contributed by atoms with E-state index in [1.54, 1.807) is 23.6 Å². The zero-order valence-electron chi connectivity index (χ0n) is 16.8. The summed E-state index contributed by atoms with van der Waals surface area (Å²) in [7, 11) is 0. The van der Waals surface area contributed by atoms with Crippen molar-refractivity contribution in [2.24, 2.45) is 0 Å². The molecule has 0 spiro atoms. The van der Waals surface area contributed by atoms with Crippen LogP contribution in [0.25, 0.3) is 10.6 Å². The Morgan fingerprint density at radius 1 is 1.13 bits per heavy atom. The van der Waals surface area contributed by atoms with E-state index in [9.17, 15) is 9.59 Å². The van der Waals surface area contributed by atoms with E-state index in [2.05, 4.69) is 16.4 Å². The Bertz CT molecular complexity index is 1080. The molecule has 3 rings (SSSR count). The van der Waals surface area contributed by atoms with Crippen LogP contribution in [0, 0.1) is 13.8 Å². The van der Waals surface area contributed by atoms with E-state index in [0.29, 0.717) is 28.0 Å². The number of thiazole rings is 1. The Hall–Kier alpha value is -2.41. The molecule has 0 unspecified atom stereocenters. The van der Waals surface area contributed by atoms with Gasteiger partial charge in [0.2, 0.25) is 5.91 Å². The van der Waals surface area contributed by atoms with E-state index in [1.807, 2.05) is 32.9 Å². The first-order chi connectivity index (χ1) is 14.3. The summed E-state index contributed by atoms with van der Waals surface area (Å²) in [6, 6.07) is 11.1. The Morgan fingerprint density at radius 3 is 2.47 bits per heavy atom. The summed E-state index contributed by atoms with van der Waals surface area (Å²) in [5.74, 6) is -0.685. The number of benzene rings is 2. The summed E-state index contributed by atoms with van der Waals surface area (Å²) in [6.45, 7) is 6.10. The van der Waals surface area contributed by atoms with Gasteiger partial charge in [0, 0.05) is 17.5 Å². The van der Waals surface area contributed by atoms with Crippen molar-refractivity contribution >= 4 is 52.0 Å². The number of hydrogen-bond acceptors (Lipinski definition) is 4. The Labute approximate surface area is 189 Å². The van der Waals surface area contributed by atoms with Gasteiger partial charge in [0.25, 0.3) is 5.91 Å². The van der Waals surface area contributed by atoms with E-state index in [4.69, 9.17) is 23.2 Å². The first kappa shape index (κ1) is 22.3. The number of hydrogen-bond donors (Lipinski definition) is 1. The van der Waals surface area contributed by atoms with Gasteiger partial charge in [-0.25, -0.2) is 4.98 Å². The smallest absolute Gasteiger partial charge is 0.273 e. The van der Waals surface area contributed by atoms with Crippen LogP contribution in [-0.2, 0) is 4.79 Å². The van der Waals surface area contributed by atoms with E-state index in [0.717, 1.165) is 16.1 Å². The fraction of sp³-hybridized carbons (Fsp3) is 0.227. The summed E-state index contributed by atoms with van der Waals surface area (Å²) in [6.07, 6.45) is 0. The van der Waals surface area contributed by atoms with Crippen LogP contribution in [0.2, 0.25) is 10.0 Å². The highest BCUT2D eigenvalue weighted by atomic mass is 35.5. The number of nitrogens with zero attached hydrogens (tertiary/aromatic N) is 2. The molecule has 0 atom stereocenters. The van der Waals surface area contributed by atoms with Crippen LogP contribution in [0.5, 0.6) is 0 Å². The van der Waals surface area contributed by atoms with Crippen molar-refractivity contribution in [3.63, 3.8) is 0 Å². The number of halogens is 2. The minimum absolute atomic E-state index is 0.132. The molecule has 0 saturated heterocycles. The van der Waals surface area contributed by atoms with Crippen LogP contribution in [0.1, 0.15) is 28.5 Å². The summed E-state index contributed by atoms with van der Waals surface area (Å²) in [4.78, 5) is 31.3. The van der Waals surface area contributed by atoms with Gasteiger partial charge in [0.05, 0.1) is 15.7 Å². The molecule has 0 radical (unpaired) electrons. The van der Waals surface area contributed by atoms with Crippen molar-refractivity contribution in [2.45, 2.75) is 20.8 Å². The Morgan fingerprint density at radius 2 is 1.83 bits per heavy atom.